The highest BCUT2D eigenvalue weighted by molar-refractivity contribution is 6.34. The zero-order valence-electron chi connectivity index (χ0n) is 6.67. The van der Waals surface area contributed by atoms with Gasteiger partial charge in [0.25, 0.3) is 0 Å². The van der Waals surface area contributed by atoms with Crippen LogP contribution in [0.3, 0.4) is 0 Å². The molecular formula is C8H12BNO. The van der Waals surface area contributed by atoms with Gasteiger partial charge in [0, 0.05) is 0 Å². The predicted molar refractivity (Wildman–Crippen MR) is 49.0 cm³/mol. The standard InChI is InChI=1S/C8H12BNO/c9-7-2-1-6(3-4-10)5-8(7)11/h1-2,5,11H,3-4,9-10H2. The van der Waals surface area contributed by atoms with Crippen LogP contribution in [0.5, 0.6) is 5.75 Å². The lowest BCUT2D eigenvalue weighted by Gasteiger charge is -2.01. The van der Waals surface area contributed by atoms with Crippen molar-refractivity contribution in [2.45, 2.75) is 6.42 Å². The summed E-state index contributed by atoms with van der Waals surface area (Å²) in [5, 5.41) is 9.29. The van der Waals surface area contributed by atoms with E-state index >= 15 is 0 Å². The summed E-state index contributed by atoms with van der Waals surface area (Å²) in [5.41, 5.74) is 7.37. The fraction of sp³-hybridized carbons (Fsp3) is 0.250. The van der Waals surface area contributed by atoms with Crippen molar-refractivity contribution in [3.05, 3.63) is 23.8 Å². The van der Waals surface area contributed by atoms with E-state index in [1.807, 2.05) is 20.0 Å². The minimum Gasteiger partial charge on any atom is -0.509 e. The van der Waals surface area contributed by atoms with E-state index in [0.29, 0.717) is 12.3 Å². The van der Waals surface area contributed by atoms with Gasteiger partial charge < -0.3 is 10.8 Å². The fourth-order valence-corrected chi connectivity index (χ4v) is 0.977. The maximum absolute atomic E-state index is 9.29. The second-order valence-corrected chi connectivity index (χ2v) is 2.66. The highest BCUT2D eigenvalue weighted by Gasteiger charge is 1.96. The molecule has 58 valence electrons. The number of rotatable bonds is 2. The SMILES string of the molecule is Bc1ccc(CCN)cc1O. The molecule has 11 heavy (non-hydrogen) atoms. The summed E-state index contributed by atoms with van der Waals surface area (Å²) in [6, 6.07) is 5.66. The number of phenolic OH excluding ortho intramolecular Hbond substituents is 1. The Morgan fingerprint density at radius 2 is 2.18 bits per heavy atom. The minimum absolute atomic E-state index is 0.357. The van der Waals surface area contributed by atoms with Crippen LogP contribution in [-0.2, 0) is 6.42 Å². The zero-order chi connectivity index (χ0) is 8.27. The molecule has 0 bridgehead atoms. The Hall–Kier alpha value is -0.955. The van der Waals surface area contributed by atoms with E-state index in [1.165, 1.54) is 0 Å². The molecule has 2 nitrogen and oxygen atoms in total. The maximum atomic E-state index is 9.29. The Morgan fingerprint density at radius 1 is 1.45 bits per heavy atom. The number of hydrogen-bond donors (Lipinski definition) is 2. The molecular weight excluding hydrogens is 137 g/mol. The summed E-state index contributed by atoms with van der Waals surface area (Å²) in [5.74, 6) is 0.357. The van der Waals surface area contributed by atoms with Crippen LogP contribution < -0.4 is 11.2 Å². The number of aromatic hydroxyl groups is 1. The van der Waals surface area contributed by atoms with Crippen LogP contribution in [0.4, 0.5) is 0 Å². The Morgan fingerprint density at radius 3 is 2.73 bits per heavy atom. The van der Waals surface area contributed by atoms with Gasteiger partial charge in [-0.2, -0.15) is 0 Å². The summed E-state index contributed by atoms with van der Waals surface area (Å²) in [6.07, 6.45) is 0.827. The molecule has 1 aromatic rings. The highest BCUT2D eigenvalue weighted by Crippen LogP contribution is 2.07. The molecule has 0 aliphatic heterocycles. The third-order valence-corrected chi connectivity index (χ3v) is 1.71. The first kappa shape index (κ1) is 8.14. The first-order chi connectivity index (χ1) is 5.24. The molecule has 3 N–H and O–H groups in total. The second kappa shape index (κ2) is 3.44. The lowest BCUT2D eigenvalue weighted by molar-refractivity contribution is 0.479. The van der Waals surface area contributed by atoms with Gasteiger partial charge in [0.05, 0.1) is 0 Å². The van der Waals surface area contributed by atoms with E-state index in [9.17, 15) is 5.11 Å². The first-order valence-electron chi connectivity index (χ1n) is 3.72. The zero-order valence-corrected chi connectivity index (χ0v) is 6.67. The van der Waals surface area contributed by atoms with Crippen molar-refractivity contribution in [3.63, 3.8) is 0 Å². The molecule has 0 atom stereocenters. The monoisotopic (exact) mass is 149 g/mol. The maximum Gasteiger partial charge on any atom is 0.144 e. The summed E-state index contributed by atoms with van der Waals surface area (Å²) in [4.78, 5) is 0. The summed E-state index contributed by atoms with van der Waals surface area (Å²) >= 11 is 0. The molecule has 0 aliphatic rings. The Labute approximate surface area is 67.4 Å². The quantitative estimate of drug-likeness (QED) is 0.538. The molecule has 0 saturated heterocycles. The van der Waals surface area contributed by atoms with Crippen LogP contribution in [0.2, 0.25) is 0 Å². The minimum atomic E-state index is 0.357. The molecule has 0 unspecified atom stereocenters. The van der Waals surface area contributed by atoms with Crippen LogP contribution in [0.15, 0.2) is 18.2 Å². The third-order valence-electron chi connectivity index (χ3n) is 1.71. The van der Waals surface area contributed by atoms with Crippen molar-refractivity contribution in [2.24, 2.45) is 5.73 Å². The van der Waals surface area contributed by atoms with Gasteiger partial charge in [-0.25, -0.2) is 0 Å². The van der Waals surface area contributed by atoms with E-state index < -0.39 is 0 Å². The van der Waals surface area contributed by atoms with Crippen LogP contribution in [0.25, 0.3) is 0 Å². The van der Waals surface area contributed by atoms with E-state index in [-0.39, 0.29) is 0 Å². The van der Waals surface area contributed by atoms with E-state index in [2.05, 4.69) is 0 Å². The molecule has 0 aromatic heterocycles. The van der Waals surface area contributed by atoms with Crippen molar-refractivity contribution in [1.82, 2.24) is 0 Å². The van der Waals surface area contributed by atoms with E-state index in [1.54, 1.807) is 6.07 Å². The average Bonchev–Trinajstić information content (AvgIpc) is 1.98. The van der Waals surface area contributed by atoms with Crippen LogP contribution in [0, 0.1) is 0 Å². The van der Waals surface area contributed by atoms with Gasteiger partial charge in [-0.1, -0.05) is 12.1 Å². The Bertz CT molecular complexity index is 250. The van der Waals surface area contributed by atoms with Gasteiger partial charge in [-0.15, -0.1) is 0 Å². The van der Waals surface area contributed by atoms with Crippen molar-refractivity contribution in [2.75, 3.05) is 6.54 Å². The van der Waals surface area contributed by atoms with Gasteiger partial charge in [0.1, 0.15) is 13.6 Å². The van der Waals surface area contributed by atoms with Gasteiger partial charge in [-0.3, -0.25) is 0 Å². The number of hydrogen-bond acceptors (Lipinski definition) is 2. The molecule has 1 rings (SSSR count). The number of benzene rings is 1. The van der Waals surface area contributed by atoms with Crippen LogP contribution in [0.1, 0.15) is 5.56 Å². The molecule has 0 amide bonds. The molecule has 0 saturated carbocycles. The Kier molecular flexibility index (Phi) is 2.55. The normalized spacial score (nSPS) is 9.91. The highest BCUT2D eigenvalue weighted by atomic mass is 16.3. The lowest BCUT2D eigenvalue weighted by Crippen LogP contribution is -2.06. The van der Waals surface area contributed by atoms with Crippen LogP contribution in [-0.4, -0.2) is 19.5 Å². The smallest absolute Gasteiger partial charge is 0.144 e. The topological polar surface area (TPSA) is 46.2 Å². The summed E-state index contributed by atoms with van der Waals surface area (Å²) in [7, 11) is 1.88. The first-order valence-corrected chi connectivity index (χ1v) is 3.72. The second-order valence-electron chi connectivity index (χ2n) is 2.66. The molecule has 0 radical (unpaired) electrons. The van der Waals surface area contributed by atoms with Crippen molar-refractivity contribution in [1.29, 1.82) is 0 Å². The molecule has 3 heteroatoms. The third kappa shape index (κ3) is 1.98. The van der Waals surface area contributed by atoms with Gasteiger partial charge in [0.15, 0.2) is 0 Å². The lowest BCUT2D eigenvalue weighted by atomic mass is 9.93. The van der Waals surface area contributed by atoms with Gasteiger partial charge in [-0.05, 0) is 30.1 Å². The largest absolute Gasteiger partial charge is 0.509 e. The Balaban J connectivity index is 2.86. The molecule has 0 fully saturated rings. The number of nitrogens with two attached hydrogens (primary N) is 1. The average molecular weight is 149 g/mol. The van der Waals surface area contributed by atoms with Gasteiger partial charge in [0.2, 0.25) is 0 Å². The molecule has 0 heterocycles. The van der Waals surface area contributed by atoms with Crippen LogP contribution >= 0.6 is 0 Å². The molecule has 0 aliphatic carbocycles. The van der Waals surface area contributed by atoms with Crippen molar-refractivity contribution in [3.8, 4) is 5.75 Å². The molecule has 0 spiro atoms. The van der Waals surface area contributed by atoms with Gasteiger partial charge >= 0.3 is 0 Å². The predicted octanol–water partition coefficient (Wildman–Crippen LogP) is -0.848. The van der Waals surface area contributed by atoms with Crippen molar-refractivity contribution >= 4 is 13.3 Å². The van der Waals surface area contributed by atoms with E-state index in [4.69, 9.17) is 5.73 Å². The van der Waals surface area contributed by atoms with E-state index in [0.717, 1.165) is 17.4 Å². The summed E-state index contributed by atoms with van der Waals surface area (Å²) < 4.78 is 0. The molecule has 1 aromatic carbocycles. The number of phenols is 1. The fourth-order valence-electron chi connectivity index (χ4n) is 0.977. The van der Waals surface area contributed by atoms with Crippen molar-refractivity contribution < 1.29 is 5.11 Å². The summed E-state index contributed by atoms with van der Waals surface area (Å²) in [6.45, 7) is 0.627.